The number of carbonyl (C=O) groups is 1. The Kier molecular flexibility index (Phi) is 4.50. The molecule has 1 heterocycles. The average molecular weight is 257 g/mol. The molecule has 1 rings (SSSR count). The summed E-state index contributed by atoms with van der Waals surface area (Å²) in [5.74, 6) is 5.53. The summed E-state index contributed by atoms with van der Waals surface area (Å²) in [6.07, 6.45) is 0. The molecule has 0 aliphatic heterocycles. The SMILES string of the molecule is Cc1nnc(SCC(=O)NC(C)C)n(N)c1=O. The summed E-state index contributed by atoms with van der Waals surface area (Å²) in [5, 5.41) is 10.4. The van der Waals surface area contributed by atoms with Crippen molar-refractivity contribution in [3.8, 4) is 0 Å². The van der Waals surface area contributed by atoms with E-state index in [0.717, 1.165) is 16.4 Å². The minimum atomic E-state index is -0.410. The topological polar surface area (TPSA) is 103 Å². The monoisotopic (exact) mass is 257 g/mol. The highest BCUT2D eigenvalue weighted by Crippen LogP contribution is 2.10. The van der Waals surface area contributed by atoms with Crippen LogP contribution in [0.3, 0.4) is 0 Å². The highest BCUT2D eigenvalue weighted by atomic mass is 32.2. The van der Waals surface area contributed by atoms with Crippen molar-refractivity contribution in [2.45, 2.75) is 32.0 Å². The van der Waals surface area contributed by atoms with Crippen molar-refractivity contribution in [1.82, 2.24) is 20.2 Å². The van der Waals surface area contributed by atoms with Gasteiger partial charge in [0.25, 0.3) is 5.56 Å². The molecule has 0 saturated heterocycles. The quantitative estimate of drug-likeness (QED) is 0.545. The maximum absolute atomic E-state index is 11.4. The predicted molar refractivity (Wildman–Crippen MR) is 65.2 cm³/mol. The lowest BCUT2D eigenvalue weighted by atomic mass is 10.4. The Morgan fingerprint density at radius 2 is 2.18 bits per heavy atom. The molecule has 1 aromatic heterocycles. The van der Waals surface area contributed by atoms with Crippen molar-refractivity contribution in [3.63, 3.8) is 0 Å². The van der Waals surface area contributed by atoms with E-state index in [0.29, 0.717) is 0 Å². The first-order chi connectivity index (χ1) is 7.91. The average Bonchev–Trinajstić information content (AvgIpc) is 2.24. The molecule has 0 saturated carbocycles. The van der Waals surface area contributed by atoms with Gasteiger partial charge in [0.1, 0.15) is 5.69 Å². The van der Waals surface area contributed by atoms with Crippen molar-refractivity contribution in [1.29, 1.82) is 0 Å². The first kappa shape index (κ1) is 13.5. The second-order valence-electron chi connectivity index (χ2n) is 3.75. The van der Waals surface area contributed by atoms with Crippen molar-refractivity contribution in [3.05, 3.63) is 16.0 Å². The van der Waals surface area contributed by atoms with Gasteiger partial charge in [0, 0.05) is 6.04 Å². The molecule has 0 fully saturated rings. The summed E-state index contributed by atoms with van der Waals surface area (Å²) in [4.78, 5) is 22.8. The van der Waals surface area contributed by atoms with Crippen LogP contribution in [0.15, 0.2) is 9.95 Å². The van der Waals surface area contributed by atoms with Gasteiger partial charge < -0.3 is 11.2 Å². The second-order valence-corrected chi connectivity index (χ2v) is 4.70. The molecule has 7 nitrogen and oxygen atoms in total. The van der Waals surface area contributed by atoms with Crippen LogP contribution in [-0.4, -0.2) is 32.6 Å². The van der Waals surface area contributed by atoms with Crippen LogP contribution < -0.4 is 16.7 Å². The van der Waals surface area contributed by atoms with Gasteiger partial charge in [-0.1, -0.05) is 11.8 Å². The Morgan fingerprint density at radius 1 is 1.53 bits per heavy atom. The minimum absolute atomic E-state index is 0.0762. The Bertz CT molecular complexity index is 471. The van der Waals surface area contributed by atoms with Gasteiger partial charge in [-0.3, -0.25) is 9.59 Å². The number of nitrogens with zero attached hydrogens (tertiary/aromatic N) is 3. The molecule has 0 aromatic carbocycles. The third-order valence-corrected chi connectivity index (χ3v) is 2.75. The molecular formula is C9H15N5O2S. The van der Waals surface area contributed by atoms with Crippen LogP contribution >= 0.6 is 11.8 Å². The van der Waals surface area contributed by atoms with Crippen LogP contribution in [0.1, 0.15) is 19.5 Å². The molecule has 0 spiro atoms. The first-order valence-electron chi connectivity index (χ1n) is 5.05. The van der Waals surface area contributed by atoms with Gasteiger partial charge >= 0.3 is 0 Å². The summed E-state index contributed by atoms with van der Waals surface area (Å²) >= 11 is 1.07. The van der Waals surface area contributed by atoms with Gasteiger partial charge in [-0.25, -0.2) is 0 Å². The van der Waals surface area contributed by atoms with E-state index in [1.54, 1.807) is 0 Å². The molecule has 3 N–H and O–H groups in total. The van der Waals surface area contributed by atoms with Gasteiger partial charge in [0.05, 0.1) is 5.75 Å². The molecule has 0 radical (unpaired) electrons. The van der Waals surface area contributed by atoms with E-state index in [4.69, 9.17) is 5.84 Å². The van der Waals surface area contributed by atoms with Crippen LogP contribution in [0.5, 0.6) is 0 Å². The molecule has 0 aliphatic rings. The number of aryl methyl sites for hydroxylation is 1. The number of amides is 1. The highest BCUT2D eigenvalue weighted by Gasteiger charge is 2.10. The molecule has 94 valence electrons. The number of hydrogen-bond donors (Lipinski definition) is 2. The van der Waals surface area contributed by atoms with Gasteiger partial charge in [0.2, 0.25) is 11.1 Å². The van der Waals surface area contributed by atoms with Crippen molar-refractivity contribution < 1.29 is 4.79 Å². The standard InChI is InChI=1S/C9H15N5O2S/c1-5(2)11-7(15)4-17-9-13-12-6(3)8(16)14(9)10/h5H,4,10H2,1-3H3,(H,11,15). The van der Waals surface area contributed by atoms with Crippen molar-refractivity contribution in [2.24, 2.45) is 0 Å². The van der Waals surface area contributed by atoms with Gasteiger partial charge in [0.15, 0.2) is 0 Å². The lowest BCUT2D eigenvalue weighted by Gasteiger charge is -2.08. The van der Waals surface area contributed by atoms with E-state index in [1.165, 1.54) is 6.92 Å². The predicted octanol–water partition coefficient (Wildman–Crippen LogP) is -0.723. The molecule has 17 heavy (non-hydrogen) atoms. The Balaban J connectivity index is 2.68. The maximum Gasteiger partial charge on any atom is 0.294 e. The lowest BCUT2D eigenvalue weighted by Crippen LogP contribution is -2.34. The zero-order valence-corrected chi connectivity index (χ0v) is 10.7. The van der Waals surface area contributed by atoms with Crippen molar-refractivity contribution >= 4 is 17.7 Å². The largest absolute Gasteiger partial charge is 0.353 e. The fourth-order valence-corrected chi connectivity index (χ4v) is 1.73. The fourth-order valence-electron chi connectivity index (χ4n) is 1.06. The van der Waals surface area contributed by atoms with E-state index in [1.807, 2.05) is 13.8 Å². The number of hydrogen-bond acceptors (Lipinski definition) is 6. The fraction of sp³-hybridized carbons (Fsp3) is 0.556. The summed E-state index contributed by atoms with van der Waals surface area (Å²) < 4.78 is 0.898. The number of nitrogens with one attached hydrogen (secondary N) is 1. The van der Waals surface area contributed by atoms with E-state index in [2.05, 4.69) is 15.5 Å². The minimum Gasteiger partial charge on any atom is -0.353 e. The molecule has 8 heteroatoms. The third kappa shape index (κ3) is 3.74. The molecule has 1 aromatic rings. The van der Waals surface area contributed by atoms with Gasteiger partial charge in [-0.05, 0) is 20.8 Å². The number of rotatable bonds is 4. The van der Waals surface area contributed by atoms with E-state index < -0.39 is 5.56 Å². The van der Waals surface area contributed by atoms with Crippen LogP contribution in [0, 0.1) is 6.92 Å². The Hall–Kier alpha value is -1.57. The molecule has 0 unspecified atom stereocenters. The molecular weight excluding hydrogens is 242 g/mol. The summed E-state index contributed by atoms with van der Waals surface area (Å²) in [5.41, 5.74) is -0.185. The number of thioether (sulfide) groups is 1. The van der Waals surface area contributed by atoms with Gasteiger partial charge in [-0.15, -0.1) is 10.2 Å². The third-order valence-electron chi connectivity index (χ3n) is 1.80. The summed E-state index contributed by atoms with van der Waals surface area (Å²) in [7, 11) is 0. The van der Waals surface area contributed by atoms with Crippen LogP contribution in [-0.2, 0) is 4.79 Å². The molecule has 1 amide bonds. The van der Waals surface area contributed by atoms with Crippen LogP contribution in [0.4, 0.5) is 0 Å². The summed E-state index contributed by atoms with van der Waals surface area (Å²) in [6.45, 7) is 5.26. The molecule has 0 bridgehead atoms. The molecule has 0 aliphatic carbocycles. The van der Waals surface area contributed by atoms with E-state index in [-0.39, 0.29) is 28.6 Å². The van der Waals surface area contributed by atoms with E-state index >= 15 is 0 Å². The first-order valence-corrected chi connectivity index (χ1v) is 6.04. The zero-order chi connectivity index (χ0) is 13.0. The smallest absolute Gasteiger partial charge is 0.294 e. The van der Waals surface area contributed by atoms with Crippen LogP contribution in [0.2, 0.25) is 0 Å². The lowest BCUT2D eigenvalue weighted by molar-refractivity contribution is -0.119. The Labute approximate surface area is 103 Å². The number of nitrogens with two attached hydrogens (primary N) is 1. The van der Waals surface area contributed by atoms with E-state index in [9.17, 15) is 9.59 Å². The number of nitrogen functional groups attached to an aromatic ring is 1. The maximum atomic E-state index is 11.4. The number of aromatic nitrogens is 3. The highest BCUT2D eigenvalue weighted by molar-refractivity contribution is 7.99. The van der Waals surface area contributed by atoms with Crippen LogP contribution in [0.25, 0.3) is 0 Å². The molecule has 0 atom stereocenters. The Morgan fingerprint density at radius 3 is 2.76 bits per heavy atom. The van der Waals surface area contributed by atoms with Gasteiger partial charge in [-0.2, -0.15) is 4.68 Å². The second kappa shape index (κ2) is 5.67. The normalized spacial score (nSPS) is 10.6. The number of carbonyl (C=O) groups excluding carboxylic acids is 1. The zero-order valence-electron chi connectivity index (χ0n) is 9.93. The van der Waals surface area contributed by atoms with Crippen molar-refractivity contribution in [2.75, 3.05) is 11.6 Å². The summed E-state index contributed by atoms with van der Waals surface area (Å²) in [6, 6.07) is 0.0762.